The zero-order chi connectivity index (χ0) is 6.69. The first-order valence-corrected chi connectivity index (χ1v) is 3.89. The molecule has 0 aromatic carbocycles. The largest absolute Gasteiger partial charge is 0.304 e. The summed E-state index contributed by atoms with van der Waals surface area (Å²) in [5.41, 5.74) is 2.97. The second kappa shape index (κ2) is 3.39. The fourth-order valence-corrected chi connectivity index (χ4v) is 1.23. The van der Waals surface area contributed by atoms with Crippen molar-refractivity contribution >= 4 is 29.2 Å². The Morgan fingerprint density at radius 1 is 1.44 bits per heavy atom. The number of rotatable bonds is 1. The Bertz CT molecular complexity index is 110. The lowest BCUT2D eigenvalue weighted by atomic mass is 10.4. The van der Waals surface area contributed by atoms with Crippen molar-refractivity contribution in [2.75, 3.05) is 13.1 Å². The third-order valence-corrected chi connectivity index (χ3v) is 1.55. The van der Waals surface area contributed by atoms with E-state index in [2.05, 4.69) is 23.1 Å². The van der Waals surface area contributed by atoms with Crippen molar-refractivity contribution in [1.82, 2.24) is 10.4 Å². The van der Waals surface area contributed by atoms with Crippen molar-refractivity contribution in [2.24, 2.45) is 0 Å². The molecule has 52 valence electrons. The summed E-state index contributed by atoms with van der Waals surface area (Å²) in [6.07, 6.45) is 2.53. The molecule has 1 aliphatic rings. The van der Waals surface area contributed by atoms with Gasteiger partial charge in [0.05, 0.1) is 0 Å². The highest BCUT2D eigenvalue weighted by atomic mass is 32.1. The molecule has 9 heavy (non-hydrogen) atoms. The maximum atomic E-state index is 4.74. The van der Waals surface area contributed by atoms with Gasteiger partial charge in [0.1, 0.15) is 4.32 Å². The SMILES string of the molecule is S=C(S)NN1CCCC1. The predicted molar refractivity (Wildman–Crippen MR) is 45.5 cm³/mol. The Labute approximate surface area is 66.0 Å². The summed E-state index contributed by atoms with van der Waals surface area (Å²) >= 11 is 8.70. The summed E-state index contributed by atoms with van der Waals surface area (Å²) in [7, 11) is 0. The number of hydrogen-bond acceptors (Lipinski definition) is 2. The molecule has 0 spiro atoms. The topological polar surface area (TPSA) is 15.3 Å². The molecule has 0 saturated carbocycles. The predicted octanol–water partition coefficient (Wildman–Crippen LogP) is 0.802. The first-order valence-electron chi connectivity index (χ1n) is 3.03. The normalized spacial score (nSPS) is 20.1. The first kappa shape index (κ1) is 7.31. The monoisotopic (exact) mass is 162 g/mol. The number of thiocarbonyl (C=S) groups is 1. The fraction of sp³-hybridized carbons (Fsp3) is 0.800. The van der Waals surface area contributed by atoms with Gasteiger partial charge in [0.2, 0.25) is 0 Å². The lowest BCUT2D eigenvalue weighted by Crippen LogP contribution is -2.36. The third kappa shape index (κ3) is 2.51. The summed E-state index contributed by atoms with van der Waals surface area (Å²) in [6, 6.07) is 0. The number of thiol groups is 1. The highest BCUT2D eigenvalue weighted by Gasteiger charge is 2.09. The van der Waals surface area contributed by atoms with E-state index in [1.165, 1.54) is 12.8 Å². The Morgan fingerprint density at radius 3 is 2.44 bits per heavy atom. The van der Waals surface area contributed by atoms with Gasteiger partial charge in [-0.1, -0.05) is 12.2 Å². The molecule has 1 saturated heterocycles. The van der Waals surface area contributed by atoms with Crippen molar-refractivity contribution in [3.63, 3.8) is 0 Å². The van der Waals surface area contributed by atoms with Gasteiger partial charge in [-0.15, -0.1) is 12.6 Å². The molecule has 0 aromatic heterocycles. The molecule has 2 nitrogen and oxygen atoms in total. The molecule has 0 radical (unpaired) electrons. The molecule has 1 rings (SSSR count). The van der Waals surface area contributed by atoms with E-state index in [4.69, 9.17) is 12.2 Å². The van der Waals surface area contributed by atoms with Gasteiger partial charge in [0, 0.05) is 13.1 Å². The zero-order valence-corrected chi connectivity index (χ0v) is 6.84. The van der Waals surface area contributed by atoms with Crippen LogP contribution in [0.4, 0.5) is 0 Å². The van der Waals surface area contributed by atoms with E-state index < -0.39 is 0 Å². The van der Waals surface area contributed by atoms with Crippen LogP contribution in [0.5, 0.6) is 0 Å². The highest BCUT2D eigenvalue weighted by molar-refractivity contribution is 8.11. The average molecular weight is 162 g/mol. The molecule has 1 N–H and O–H groups in total. The van der Waals surface area contributed by atoms with E-state index in [1.807, 2.05) is 0 Å². The van der Waals surface area contributed by atoms with E-state index >= 15 is 0 Å². The quantitative estimate of drug-likeness (QED) is 0.438. The van der Waals surface area contributed by atoms with Crippen molar-refractivity contribution in [3.8, 4) is 0 Å². The van der Waals surface area contributed by atoms with Crippen LogP contribution in [0.1, 0.15) is 12.8 Å². The Morgan fingerprint density at radius 2 is 2.00 bits per heavy atom. The van der Waals surface area contributed by atoms with Gasteiger partial charge in [-0.25, -0.2) is 5.01 Å². The van der Waals surface area contributed by atoms with E-state index in [9.17, 15) is 0 Å². The van der Waals surface area contributed by atoms with E-state index in [0.29, 0.717) is 4.32 Å². The molecular weight excluding hydrogens is 152 g/mol. The lowest BCUT2D eigenvalue weighted by Gasteiger charge is -2.14. The van der Waals surface area contributed by atoms with Crippen LogP contribution < -0.4 is 5.43 Å². The van der Waals surface area contributed by atoms with Gasteiger partial charge in [0.15, 0.2) is 0 Å². The molecule has 0 bridgehead atoms. The number of hydrogen-bond donors (Lipinski definition) is 2. The van der Waals surface area contributed by atoms with Crippen LogP contribution in [0, 0.1) is 0 Å². The van der Waals surface area contributed by atoms with Crippen molar-refractivity contribution < 1.29 is 0 Å². The van der Waals surface area contributed by atoms with Crippen LogP contribution in [0.2, 0.25) is 0 Å². The average Bonchev–Trinajstić information content (AvgIpc) is 2.15. The summed E-state index contributed by atoms with van der Waals surface area (Å²) in [5, 5.41) is 2.09. The van der Waals surface area contributed by atoms with Crippen LogP contribution in [0.25, 0.3) is 0 Å². The van der Waals surface area contributed by atoms with Gasteiger partial charge in [-0.05, 0) is 12.8 Å². The Hall–Kier alpha value is 0.200. The molecule has 0 aromatic rings. The molecule has 1 aliphatic heterocycles. The standard InChI is InChI=1S/C5H10N2S2/c8-5(9)6-7-3-1-2-4-7/h1-4H2,(H2,6,8,9). The van der Waals surface area contributed by atoms with Gasteiger partial charge in [0.25, 0.3) is 0 Å². The van der Waals surface area contributed by atoms with Crippen LogP contribution in [0.3, 0.4) is 0 Å². The molecule has 1 heterocycles. The van der Waals surface area contributed by atoms with Crippen LogP contribution in [0.15, 0.2) is 0 Å². The van der Waals surface area contributed by atoms with Crippen LogP contribution in [-0.4, -0.2) is 22.4 Å². The second-order valence-corrected chi connectivity index (χ2v) is 3.27. The molecule has 0 atom stereocenters. The Balaban J connectivity index is 2.19. The molecule has 1 fully saturated rings. The number of hydrazine groups is 1. The number of nitrogens with zero attached hydrogens (tertiary/aromatic N) is 1. The molecule has 4 heteroatoms. The number of nitrogens with one attached hydrogen (secondary N) is 1. The van der Waals surface area contributed by atoms with Crippen molar-refractivity contribution in [1.29, 1.82) is 0 Å². The van der Waals surface area contributed by atoms with E-state index in [0.717, 1.165) is 13.1 Å². The van der Waals surface area contributed by atoms with E-state index in [-0.39, 0.29) is 0 Å². The smallest absolute Gasteiger partial charge is 0.145 e. The van der Waals surface area contributed by atoms with Crippen LogP contribution in [-0.2, 0) is 0 Å². The second-order valence-electron chi connectivity index (χ2n) is 2.11. The summed E-state index contributed by atoms with van der Waals surface area (Å²) < 4.78 is 0.567. The molecular formula is C5H10N2S2. The highest BCUT2D eigenvalue weighted by Crippen LogP contribution is 2.03. The minimum Gasteiger partial charge on any atom is -0.304 e. The maximum Gasteiger partial charge on any atom is 0.145 e. The molecule has 0 unspecified atom stereocenters. The first-order chi connectivity index (χ1) is 4.29. The van der Waals surface area contributed by atoms with Gasteiger partial charge in [-0.2, -0.15) is 0 Å². The third-order valence-electron chi connectivity index (χ3n) is 1.36. The summed E-state index contributed by atoms with van der Waals surface area (Å²) in [5.74, 6) is 0. The zero-order valence-electron chi connectivity index (χ0n) is 5.13. The molecule has 0 aliphatic carbocycles. The molecule has 0 amide bonds. The lowest BCUT2D eigenvalue weighted by molar-refractivity contribution is 0.300. The van der Waals surface area contributed by atoms with Crippen LogP contribution >= 0.6 is 24.8 Å². The van der Waals surface area contributed by atoms with Crippen molar-refractivity contribution in [2.45, 2.75) is 12.8 Å². The minimum atomic E-state index is 0.567. The van der Waals surface area contributed by atoms with Crippen molar-refractivity contribution in [3.05, 3.63) is 0 Å². The summed E-state index contributed by atoms with van der Waals surface area (Å²) in [6.45, 7) is 2.20. The maximum absolute atomic E-state index is 4.74. The van der Waals surface area contributed by atoms with Gasteiger partial charge in [-0.3, -0.25) is 0 Å². The van der Waals surface area contributed by atoms with Gasteiger partial charge >= 0.3 is 0 Å². The Kier molecular flexibility index (Phi) is 2.75. The fourth-order valence-electron chi connectivity index (χ4n) is 0.964. The minimum absolute atomic E-state index is 0.567. The summed E-state index contributed by atoms with van der Waals surface area (Å²) in [4.78, 5) is 0. The van der Waals surface area contributed by atoms with E-state index in [1.54, 1.807) is 0 Å². The van der Waals surface area contributed by atoms with Gasteiger partial charge < -0.3 is 5.43 Å².